The van der Waals surface area contributed by atoms with Gasteiger partial charge in [0.15, 0.2) is 0 Å². The first-order valence-corrected chi connectivity index (χ1v) is 8.46. The number of sulfonamides is 1. The summed E-state index contributed by atoms with van der Waals surface area (Å²) >= 11 is 0. The van der Waals surface area contributed by atoms with Crippen molar-refractivity contribution in [3.05, 3.63) is 48.4 Å². The van der Waals surface area contributed by atoms with Crippen molar-refractivity contribution in [3.63, 3.8) is 0 Å². The Labute approximate surface area is 134 Å². The summed E-state index contributed by atoms with van der Waals surface area (Å²) in [6.07, 6.45) is 4.91. The number of nitriles is 1. The first kappa shape index (κ1) is 15.4. The average molecular weight is 330 g/mol. The van der Waals surface area contributed by atoms with Crippen LogP contribution in [0.5, 0.6) is 5.88 Å². The monoisotopic (exact) mass is 330 g/mol. The second kappa shape index (κ2) is 6.32. The van der Waals surface area contributed by atoms with E-state index < -0.39 is 10.0 Å². The fraction of sp³-hybridized carbons (Fsp3) is 0.267. The van der Waals surface area contributed by atoms with Crippen LogP contribution in [0, 0.1) is 11.3 Å². The van der Waals surface area contributed by atoms with Crippen molar-refractivity contribution in [1.82, 2.24) is 14.3 Å². The summed E-state index contributed by atoms with van der Waals surface area (Å²) in [5.74, 6) is 0.384. The minimum atomic E-state index is -3.58. The summed E-state index contributed by atoms with van der Waals surface area (Å²) < 4.78 is 32.2. The van der Waals surface area contributed by atoms with E-state index in [2.05, 4.69) is 9.97 Å². The maximum atomic E-state index is 12.6. The number of hydrogen-bond acceptors (Lipinski definition) is 6. The molecule has 1 aromatic carbocycles. The maximum absolute atomic E-state index is 12.6. The van der Waals surface area contributed by atoms with Crippen molar-refractivity contribution in [2.24, 2.45) is 0 Å². The van der Waals surface area contributed by atoms with E-state index in [0.29, 0.717) is 24.4 Å². The van der Waals surface area contributed by atoms with Crippen molar-refractivity contribution in [2.75, 3.05) is 13.1 Å². The lowest BCUT2D eigenvalue weighted by Crippen LogP contribution is -2.31. The van der Waals surface area contributed by atoms with Gasteiger partial charge in [0.1, 0.15) is 6.10 Å². The number of benzene rings is 1. The highest BCUT2D eigenvalue weighted by Crippen LogP contribution is 2.23. The molecule has 23 heavy (non-hydrogen) atoms. The van der Waals surface area contributed by atoms with Crippen molar-refractivity contribution in [3.8, 4) is 11.9 Å². The smallest absolute Gasteiger partial charge is 0.243 e. The van der Waals surface area contributed by atoms with Crippen LogP contribution in [0.1, 0.15) is 12.0 Å². The summed E-state index contributed by atoms with van der Waals surface area (Å²) in [7, 11) is -3.58. The summed E-state index contributed by atoms with van der Waals surface area (Å²) in [5, 5.41) is 8.78. The van der Waals surface area contributed by atoms with Gasteiger partial charge < -0.3 is 4.74 Å². The van der Waals surface area contributed by atoms with Gasteiger partial charge >= 0.3 is 0 Å². The molecule has 1 aliphatic heterocycles. The number of ether oxygens (including phenoxy) is 1. The van der Waals surface area contributed by atoms with E-state index in [1.165, 1.54) is 41.0 Å². The highest BCUT2D eigenvalue weighted by Gasteiger charge is 2.33. The van der Waals surface area contributed by atoms with Crippen molar-refractivity contribution in [2.45, 2.75) is 17.4 Å². The highest BCUT2D eigenvalue weighted by atomic mass is 32.2. The van der Waals surface area contributed by atoms with Crippen LogP contribution in [0.25, 0.3) is 0 Å². The Morgan fingerprint density at radius 2 is 2.04 bits per heavy atom. The molecule has 1 atom stereocenters. The third kappa shape index (κ3) is 3.31. The quantitative estimate of drug-likeness (QED) is 0.835. The maximum Gasteiger partial charge on any atom is 0.243 e. The zero-order chi connectivity index (χ0) is 16.3. The number of aromatic nitrogens is 2. The molecule has 118 valence electrons. The topological polar surface area (TPSA) is 96.2 Å². The highest BCUT2D eigenvalue weighted by molar-refractivity contribution is 7.89. The Bertz CT molecular complexity index is 816. The average Bonchev–Trinajstić information content (AvgIpc) is 3.05. The van der Waals surface area contributed by atoms with Gasteiger partial charge in [0.2, 0.25) is 15.9 Å². The predicted octanol–water partition coefficient (Wildman–Crippen LogP) is 1.19. The van der Waals surface area contributed by atoms with Crippen LogP contribution in [0.4, 0.5) is 0 Å². The zero-order valence-electron chi connectivity index (χ0n) is 12.2. The summed E-state index contributed by atoms with van der Waals surface area (Å²) in [6.45, 7) is 0.645. The second-order valence-electron chi connectivity index (χ2n) is 5.07. The van der Waals surface area contributed by atoms with E-state index in [0.717, 1.165) is 0 Å². The van der Waals surface area contributed by atoms with Gasteiger partial charge in [0.05, 0.1) is 29.3 Å². The molecule has 1 saturated heterocycles. The summed E-state index contributed by atoms with van der Waals surface area (Å²) in [6, 6.07) is 7.86. The molecular weight excluding hydrogens is 316 g/mol. The number of rotatable bonds is 4. The molecule has 0 spiro atoms. The molecule has 3 rings (SSSR count). The second-order valence-corrected chi connectivity index (χ2v) is 7.01. The zero-order valence-corrected chi connectivity index (χ0v) is 13.0. The largest absolute Gasteiger partial charge is 0.472 e. The van der Waals surface area contributed by atoms with Gasteiger partial charge in [-0.05, 0) is 30.7 Å². The summed E-state index contributed by atoms with van der Waals surface area (Å²) in [5.41, 5.74) is 0.425. The first-order valence-electron chi connectivity index (χ1n) is 7.02. The van der Waals surface area contributed by atoms with Gasteiger partial charge in [-0.15, -0.1) is 0 Å². The summed E-state index contributed by atoms with van der Waals surface area (Å²) in [4.78, 5) is 8.11. The Hall–Kier alpha value is -2.50. The Morgan fingerprint density at radius 1 is 1.26 bits per heavy atom. The fourth-order valence-electron chi connectivity index (χ4n) is 2.38. The Morgan fingerprint density at radius 3 is 2.70 bits per heavy atom. The van der Waals surface area contributed by atoms with Crippen LogP contribution >= 0.6 is 0 Å². The lowest BCUT2D eigenvalue weighted by molar-refractivity contribution is 0.206. The molecule has 0 radical (unpaired) electrons. The van der Waals surface area contributed by atoms with Crippen LogP contribution in [0.3, 0.4) is 0 Å². The third-order valence-electron chi connectivity index (χ3n) is 3.56. The SMILES string of the molecule is N#Cc1ccc(S(=O)(=O)N2CCC(Oc3cnccn3)C2)cc1. The molecule has 8 heteroatoms. The van der Waals surface area contributed by atoms with Gasteiger partial charge in [-0.1, -0.05) is 0 Å². The lowest BCUT2D eigenvalue weighted by Gasteiger charge is -2.17. The van der Waals surface area contributed by atoms with E-state index >= 15 is 0 Å². The van der Waals surface area contributed by atoms with Crippen LogP contribution in [0.2, 0.25) is 0 Å². The standard InChI is InChI=1S/C15H14N4O3S/c16-9-12-1-3-14(4-2-12)23(20,21)19-8-5-13(11-19)22-15-10-17-6-7-18-15/h1-4,6-7,10,13H,5,8,11H2. The number of nitrogens with zero attached hydrogens (tertiary/aromatic N) is 4. The molecule has 1 aliphatic rings. The van der Waals surface area contributed by atoms with Crippen molar-refractivity contribution >= 4 is 10.0 Å². The first-order chi connectivity index (χ1) is 11.1. The van der Waals surface area contributed by atoms with E-state index in [4.69, 9.17) is 10.00 Å². The van der Waals surface area contributed by atoms with Crippen LogP contribution in [-0.2, 0) is 10.0 Å². The van der Waals surface area contributed by atoms with Crippen molar-refractivity contribution < 1.29 is 13.2 Å². The van der Waals surface area contributed by atoms with Gasteiger partial charge in [-0.2, -0.15) is 9.57 Å². The molecule has 0 amide bonds. The molecule has 1 fully saturated rings. The van der Waals surface area contributed by atoms with E-state index in [1.54, 1.807) is 6.20 Å². The Balaban J connectivity index is 1.71. The Kier molecular flexibility index (Phi) is 4.23. The normalized spacial score (nSPS) is 18.5. The van der Waals surface area contributed by atoms with E-state index in [-0.39, 0.29) is 17.5 Å². The molecule has 0 aliphatic carbocycles. The molecule has 0 bridgehead atoms. The molecule has 1 aromatic heterocycles. The van der Waals surface area contributed by atoms with E-state index in [1.807, 2.05) is 6.07 Å². The predicted molar refractivity (Wildman–Crippen MR) is 81.0 cm³/mol. The van der Waals surface area contributed by atoms with E-state index in [9.17, 15) is 8.42 Å². The molecule has 0 N–H and O–H groups in total. The van der Waals surface area contributed by atoms with Gasteiger partial charge in [-0.25, -0.2) is 13.4 Å². The third-order valence-corrected chi connectivity index (χ3v) is 5.44. The van der Waals surface area contributed by atoms with Crippen LogP contribution < -0.4 is 4.74 Å². The molecular formula is C15H14N4O3S. The molecule has 1 unspecified atom stereocenters. The molecule has 2 aromatic rings. The van der Waals surface area contributed by atoms with Crippen LogP contribution in [-0.4, -0.2) is 41.9 Å². The van der Waals surface area contributed by atoms with Gasteiger partial charge in [0.25, 0.3) is 0 Å². The van der Waals surface area contributed by atoms with Gasteiger partial charge in [0, 0.05) is 18.9 Å². The molecule has 0 saturated carbocycles. The minimum Gasteiger partial charge on any atom is -0.472 e. The minimum absolute atomic E-state index is 0.177. The lowest BCUT2D eigenvalue weighted by atomic mass is 10.2. The van der Waals surface area contributed by atoms with Crippen LogP contribution in [0.15, 0.2) is 47.8 Å². The number of hydrogen-bond donors (Lipinski definition) is 0. The molecule has 2 heterocycles. The van der Waals surface area contributed by atoms with Gasteiger partial charge in [-0.3, -0.25) is 4.98 Å². The molecule has 7 nitrogen and oxygen atoms in total. The fourth-order valence-corrected chi connectivity index (χ4v) is 3.87. The van der Waals surface area contributed by atoms with Crippen molar-refractivity contribution in [1.29, 1.82) is 5.26 Å².